The van der Waals surface area contributed by atoms with E-state index in [1.807, 2.05) is 0 Å². The summed E-state index contributed by atoms with van der Waals surface area (Å²) in [5.74, 6) is 5.34. The maximum absolute atomic E-state index is 9.89. The molecule has 11 heavy (non-hydrogen) atoms. The summed E-state index contributed by atoms with van der Waals surface area (Å²) in [6, 6.07) is 0. The first-order valence-electron chi connectivity index (χ1n) is 3.37. The van der Waals surface area contributed by atoms with Crippen molar-refractivity contribution < 1.29 is 9.59 Å². The topological polar surface area (TPSA) is 63.4 Å². The summed E-state index contributed by atoms with van der Waals surface area (Å²) in [6.45, 7) is 0.636. The largest absolute Gasteiger partial charge is 0.303 e. The predicted molar refractivity (Wildman–Crippen MR) is 45.1 cm³/mol. The van der Waals surface area contributed by atoms with Crippen molar-refractivity contribution in [2.24, 2.45) is 5.84 Å². The summed E-state index contributed by atoms with van der Waals surface area (Å²) in [4.78, 5) is 19.8. The number of aldehydes is 1. The zero-order chi connectivity index (χ0) is 8.53. The molecule has 0 aliphatic heterocycles. The molecule has 0 radical (unpaired) electrons. The molecule has 0 amide bonds. The van der Waals surface area contributed by atoms with Crippen molar-refractivity contribution in [2.45, 2.75) is 19.3 Å². The lowest BCUT2D eigenvalue weighted by molar-refractivity contribution is -0.107. The van der Waals surface area contributed by atoms with Gasteiger partial charge in [-0.3, -0.25) is 10.6 Å². The fraction of sp³-hybridized carbons (Fsp3) is 0.667. The van der Waals surface area contributed by atoms with Crippen LogP contribution in [0.2, 0.25) is 0 Å². The predicted octanol–water partition coefficient (Wildman–Crippen LogP) is 0.370. The van der Waals surface area contributed by atoms with Gasteiger partial charge in [0.25, 0.3) is 0 Å². The van der Waals surface area contributed by atoms with E-state index in [0.29, 0.717) is 18.6 Å². The lowest BCUT2D eigenvalue weighted by Crippen LogP contribution is -2.24. The zero-order valence-corrected chi connectivity index (χ0v) is 7.05. The third-order valence-corrected chi connectivity index (χ3v) is 1.67. The third kappa shape index (κ3) is 7.51. The van der Waals surface area contributed by atoms with Crippen LogP contribution in [0.25, 0.3) is 0 Å². The molecule has 5 heteroatoms. The fourth-order valence-electron chi connectivity index (χ4n) is 0.603. The number of nitrogens with zero attached hydrogens (tertiary/aromatic N) is 1. The monoisotopic (exact) mass is 176 g/mol. The number of nitrogens with two attached hydrogens (primary N) is 1. The smallest absolute Gasteiger partial charge is 0.192 e. The molecule has 0 atom stereocenters. The molecule has 0 fully saturated rings. The Kier molecular flexibility index (Phi) is 7.44. The van der Waals surface area contributed by atoms with Crippen LogP contribution in [0.5, 0.6) is 0 Å². The van der Waals surface area contributed by atoms with Crippen LogP contribution in [0.15, 0.2) is 0 Å². The summed E-state index contributed by atoms with van der Waals surface area (Å²) >= 11 is 0.932. The molecule has 0 heterocycles. The van der Waals surface area contributed by atoms with Gasteiger partial charge in [0.05, 0.1) is 0 Å². The number of rotatable bonds is 7. The molecule has 4 nitrogen and oxygen atoms in total. The molecule has 0 saturated heterocycles. The Labute approximate surface area is 70.2 Å². The molecule has 0 aromatic heterocycles. The van der Waals surface area contributed by atoms with Crippen molar-refractivity contribution in [3.05, 3.63) is 0 Å². The molecule has 64 valence electrons. The van der Waals surface area contributed by atoms with Gasteiger partial charge in [-0.1, -0.05) is 0 Å². The Morgan fingerprint density at radius 3 is 2.64 bits per heavy atom. The van der Waals surface area contributed by atoms with Gasteiger partial charge in [0.2, 0.25) is 0 Å². The highest BCUT2D eigenvalue weighted by molar-refractivity contribution is 8.09. The maximum atomic E-state index is 9.89. The Bertz CT molecular complexity index is 121. The van der Waals surface area contributed by atoms with Crippen LogP contribution in [-0.4, -0.2) is 22.9 Å². The summed E-state index contributed by atoms with van der Waals surface area (Å²) in [5.41, 5.74) is 0.680. The van der Waals surface area contributed by atoms with Gasteiger partial charge in [0.1, 0.15) is 6.29 Å². The Hall–Kier alpha value is -0.390. The Morgan fingerprint density at radius 2 is 2.09 bits per heavy atom. The molecule has 2 N–H and O–H groups in total. The van der Waals surface area contributed by atoms with E-state index < -0.39 is 0 Å². The van der Waals surface area contributed by atoms with E-state index in [-0.39, 0.29) is 0 Å². The number of hydrogen-bond donors (Lipinski definition) is 1. The fourth-order valence-corrected chi connectivity index (χ4v) is 0.948. The molecule has 0 aliphatic carbocycles. The van der Waals surface area contributed by atoms with Gasteiger partial charge >= 0.3 is 0 Å². The van der Waals surface area contributed by atoms with Crippen LogP contribution < -0.4 is 5.84 Å². The molecular weight excluding hydrogens is 164 g/mol. The number of carbonyl (C=O) groups excluding carboxylic acids is 2. The van der Waals surface area contributed by atoms with Gasteiger partial charge in [-0.25, -0.2) is 0 Å². The van der Waals surface area contributed by atoms with Crippen LogP contribution >= 0.6 is 11.9 Å². The van der Waals surface area contributed by atoms with E-state index in [1.165, 1.54) is 4.41 Å². The second-order valence-corrected chi connectivity index (χ2v) is 2.88. The standard InChI is InChI=1S/C6H12N2O2S/c7-8(11-6-10)4-2-1-3-5-9/h5-6H,1-4,7H2. The van der Waals surface area contributed by atoms with Crippen LogP contribution in [0, 0.1) is 0 Å². The van der Waals surface area contributed by atoms with Crippen LogP contribution in [0.4, 0.5) is 0 Å². The lowest BCUT2D eigenvalue weighted by Gasteiger charge is -2.09. The normalized spacial score (nSPS) is 10.0. The molecule has 0 saturated carbocycles. The number of unbranched alkanes of at least 4 members (excludes halogenated alkanes) is 2. The van der Waals surface area contributed by atoms with Gasteiger partial charge in [-0.2, -0.15) is 4.41 Å². The summed E-state index contributed by atoms with van der Waals surface area (Å²) in [5, 5.41) is 0. The van der Waals surface area contributed by atoms with Crippen LogP contribution in [0.3, 0.4) is 0 Å². The van der Waals surface area contributed by atoms with Crippen molar-refractivity contribution in [1.29, 1.82) is 0 Å². The van der Waals surface area contributed by atoms with E-state index in [0.717, 1.165) is 31.1 Å². The number of hydrogen-bond acceptors (Lipinski definition) is 5. The van der Waals surface area contributed by atoms with Crippen LogP contribution in [0.1, 0.15) is 19.3 Å². The minimum atomic E-state index is 0.569. The molecule has 0 rings (SSSR count). The maximum Gasteiger partial charge on any atom is 0.192 e. The third-order valence-electron chi connectivity index (χ3n) is 1.13. The van der Waals surface area contributed by atoms with Crippen molar-refractivity contribution >= 4 is 23.9 Å². The van der Waals surface area contributed by atoms with Gasteiger partial charge in [-0.05, 0) is 12.8 Å². The first-order valence-corrected chi connectivity index (χ1v) is 4.21. The van der Waals surface area contributed by atoms with Gasteiger partial charge < -0.3 is 4.79 Å². The highest BCUT2D eigenvalue weighted by Crippen LogP contribution is 2.01. The average Bonchev–Trinajstić information content (AvgIpc) is 1.99. The second-order valence-electron chi connectivity index (χ2n) is 2.00. The van der Waals surface area contributed by atoms with Crippen molar-refractivity contribution in [2.75, 3.05) is 6.54 Å². The van der Waals surface area contributed by atoms with E-state index in [4.69, 9.17) is 5.84 Å². The minimum absolute atomic E-state index is 0.569. The Balaban J connectivity index is 3.09. The lowest BCUT2D eigenvalue weighted by atomic mass is 10.2. The molecule has 0 spiro atoms. The number of hydrazine groups is 1. The zero-order valence-electron chi connectivity index (χ0n) is 6.23. The highest BCUT2D eigenvalue weighted by atomic mass is 32.2. The SMILES string of the molecule is NN(CCCCC=O)SC=O. The first-order chi connectivity index (χ1) is 5.31. The van der Waals surface area contributed by atoms with Crippen molar-refractivity contribution in [3.63, 3.8) is 0 Å². The summed E-state index contributed by atoms with van der Waals surface area (Å²) < 4.78 is 1.36. The van der Waals surface area contributed by atoms with Crippen molar-refractivity contribution in [1.82, 2.24) is 4.41 Å². The van der Waals surface area contributed by atoms with E-state index in [2.05, 4.69) is 0 Å². The summed E-state index contributed by atoms with van der Waals surface area (Å²) in [7, 11) is 0. The molecule has 0 aromatic carbocycles. The molecular formula is C6H12N2O2S. The number of carbonyl (C=O) groups is 2. The van der Waals surface area contributed by atoms with E-state index in [9.17, 15) is 9.59 Å². The van der Waals surface area contributed by atoms with Crippen LogP contribution in [-0.2, 0) is 9.59 Å². The van der Waals surface area contributed by atoms with Gasteiger partial charge in [-0.15, -0.1) is 0 Å². The van der Waals surface area contributed by atoms with Gasteiger partial charge in [0.15, 0.2) is 5.62 Å². The molecule has 0 unspecified atom stereocenters. The second kappa shape index (κ2) is 7.71. The van der Waals surface area contributed by atoms with E-state index >= 15 is 0 Å². The average molecular weight is 176 g/mol. The minimum Gasteiger partial charge on any atom is -0.303 e. The van der Waals surface area contributed by atoms with E-state index in [1.54, 1.807) is 0 Å². The summed E-state index contributed by atoms with van der Waals surface area (Å²) in [6.07, 6.45) is 3.13. The Morgan fingerprint density at radius 1 is 1.36 bits per heavy atom. The van der Waals surface area contributed by atoms with Gasteiger partial charge in [0, 0.05) is 24.9 Å². The van der Waals surface area contributed by atoms with Crippen molar-refractivity contribution in [3.8, 4) is 0 Å². The quantitative estimate of drug-likeness (QED) is 0.200. The first kappa shape index (κ1) is 10.6. The molecule has 0 aliphatic rings. The molecule has 0 aromatic rings. The highest BCUT2D eigenvalue weighted by Gasteiger charge is 1.96. The molecule has 0 bridgehead atoms.